The standard InChI is InChI=1S/C15H18N2O2/c1-9(2)14-13(15(18)19)8-17(16-14)12-6-5-10(3)11(4)7-12/h5-9H,1-4H3,(H,18,19). The second kappa shape index (κ2) is 4.88. The number of rotatable bonds is 3. The number of aromatic carboxylic acids is 1. The fourth-order valence-electron chi connectivity index (χ4n) is 1.98. The van der Waals surface area contributed by atoms with Gasteiger partial charge in [0.15, 0.2) is 0 Å². The number of hydrogen-bond acceptors (Lipinski definition) is 2. The number of aryl methyl sites for hydroxylation is 2. The predicted molar refractivity (Wildman–Crippen MR) is 74.1 cm³/mol. The molecule has 1 aromatic heterocycles. The Labute approximate surface area is 112 Å². The van der Waals surface area contributed by atoms with Gasteiger partial charge in [-0.1, -0.05) is 19.9 Å². The van der Waals surface area contributed by atoms with Crippen molar-refractivity contribution in [1.82, 2.24) is 9.78 Å². The van der Waals surface area contributed by atoms with E-state index in [0.717, 1.165) is 11.3 Å². The number of carbonyl (C=O) groups is 1. The van der Waals surface area contributed by atoms with Gasteiger partial charge in [-0.25, -0.2) is 9.48 Å². The van der Waals surface area contributed by atoms with Gasteiger partial charge in [0.1, 0.15) is 5.56 Å². The molecule has 2 rings (SSSR count). The molecule has 0 amide bonds. The van der Waals surface area contributed by atoms with Gasteiger partial charge in [0.05, 0.1) is 11.4 Å². The molecule has 0 radical (unpaired) electrons. The first kappa shape index (κ1) is 13.3. The van der Waals surface area contributed by atoms with E-state index in [0.29, 0.717) is 5.69 Å². The number of benzene rings is 1. The molecular weight excluding hydrogens is 240 g/mol. The fourth-order valence-corrected chi connectivity index (χ4v) is 1.98. The fraction of sp³-hybridized carbons (Fsp3) is 0.333. The molecule has 1 heterocycles. The zero-order valence-electron chi connectivity index (χ0n) is 11.6. The van der Waals surface area contributed by atoms with Crippen molar-refractivity contribution >= 4 is 5.97 Å². The molecule has 0 spiro atoms. The van der Waals surface area contributed by atoms with E-state index >= 15 is 0 Å². The predicted octanol–water partition coefficient (Wildman–Crippen LogP) is 3.31. The summed E-state index contributed by atoms with van der Waals surface area (Å²) in [6.07, 6.45) is 1.59. The largest absolute Gasteiger partial charge is 0.478 e. The summed E-state index contributed by atoms with van der Waals surface area (Å²) < 4.78 is 1.64. The van der Waals surface area contributed by atoms with Crippen molar-refractivity contribution in [2.24, 2.45) is 0 Å². The van der Waals surface area contributed by atoms with Gasteiger partial charge in [-0.05, 0) is 43.0 Å². The average molecular weight is 258 g/mol. The van der Waals surface area contributed by atoms with Crippen LogP contribution in [0, 0.1) is 13.8 Å². The number of aromatic nitrogens is 2. The highest BCUT2D eigenvalue weighted by Crippen LogP contribution is 2.21. The van der Waals surface area contributed by atoms with Gasteiger partial charge >= 0.3 is 5.97 Å². The van der Waals surface area contributed by atoms with Crippen LogP contribution in [0.5, 0.6) is 0 Å². The maximum atomic E-state index is 11.2. The molecule has 4 heteroatoms. The Morgan fingerprint density at radius 1 is 1.26 bits per heavy atom. The Bertz CT molecular complexity index is 627. The Morgan fingerprint density at radius 3 is 2.42 bits per heavy atom. The van der Waals surface area contributed by atoms with E-state index in [9.17, 15) is 9.90 Å². The number of hydrogen-bond donors (Lipinski definition) is 1. The Balaban J connectivity index is 2.54. The highest BCUT2D eigenvalue weighted by atomic mass is 16.4. The van der Waals surface area contributed by atoms with Crippen molar-refractivity contribution in [2.45, 2.75) is 33.6 Å². The average Bonchev–Trinajstić information content (AvgIpc) is 2.78. The lowest BCUT2D eigenvalue weighted by Gasteiger charge is -2.05. The van der Waals surface area contributed by atoms with Crippen molar-refractivity contribution in [1.29, 1.82) is 0 Å². The molecule has 19 heavy (non-hydrogen) atoms. The minimum Gasteiger partial charge on any atom is -0.478 e. The zero-order chi connectivity index (χ0) is 14.2. The highest BCUT2D eigenvalue weighted by Gasteiger charge is 2.18. The van der Waals surface area contributed by atoms with Crippen LogP contribution in [-0.4, -0.2) is 20.9 Å². The Kier molecular flexibility index (Phi) is 3.42. The number of carboxylic acids is 1. The van der Waals surface area contributed by atoms with E-state index in [2.05, 4.69) is 5.10 Å². The summed E-state index contributed by atoms with van der Waals surface area (Å²) in [7, 11) is 0. The van der Waals surface area contributed by atoms with Crippen molar-refractivity contribution in [2.75, 3.05) is 0 Å². The van der Waals surface area contributed by atoms with Crippen LogP contribution in [0.1, 0.15) is 46.9 Å². The van der Waals surface area contributed by atoms with Gasteiger partial charge in [-0.15, -0.1) is 0 Å². The molecule has 1 aromatic carbocycles. The second-order valence-electron chi connectivity index (χ2n) is 5.10. The highest BCUT2D eigenvalue weighted by molar-refractivity contribution is 5.89. The minimum absolute atomic E-state index is 0.0823. The maximum Gasteiger partial charge on any atom is 0.339 e. The van der Waals surface area contributed by atoms with E-state index in [1.165, 1.54) is 5.56 Å². The normalized spacial score (nSPS) is 11.0. The first-order valence-corrected chi connectivity index (χ1v) is 6.30. The lowest BCUT2D eigenvalue weighted by molar-refractivity contribution is 0.0695. The summed E-state index contributed by atoms with van der Waals surface area (Å²) in [5.74, 6) is -0.849. The second-order valence-corrected chi connectivity index (χ2v) is 5.10. The third kappa shape index (κ3) is 2.52. The molecule has 0 saturated carbocycles. The molecule has 0 saturated heterocycles. The summed E-state index contributed by atoms with van der Waals surface area (Å²) in [4.78, 5) is 11.2. The number of nitrogens with zero attached hydrogens (tertiary/aromatic N) is 2. The van der Waals surface area contributed by atoms with Crippen LogP contribution in [0.15, 0.2) is 24.4 Å². The maximum absolute atomic E-state index is 11.2. The van der Waals surface area contributed by atoms with Gasteiger partial charge < -0.3 is 5.11 Å². The number of carboxylic acid groups (broad SMARTS) is 1. The lowest BCUT2D eigenvalue weighted by atomic mass is 10.1. The van der Waals surface area contributed by atoms with Gasteiger partial charge in [0.25, 0.3) is 0 Å². The summed E-state index contributed by atoms with van der Waals surface area (Å²) >= 11 is 0. The van der Waals surface area contributed by atoms with Crippen LogP contribution >= 0.6 is 0 Å². The molecule has 100 valence electrons. The van der Waals surface area contributed by atoms with Crippen LogP contribution in [0.2, 0.25) is 0 Å². The van der Waals surface area contributed by atoms with E-state index in [1.807, 2.05) is 45.9 Å². The van der Waals surface area contributed by atoms with Crippen LogP contribution < -0.4 is 0 Å². The Morgan fingerprint density at radius 2 is 1.95 bits per heavy atom. The molecule has 0 bridgehead atoms. The molecule has 2 aromatic rings. The molecule has 1 N–H and O–H groups in total. The van der Waals surface area contributed by atoms with Crippen molar-refractivity contribution in [3.63, 3.8) is 0 Å². The quantitative estimate of drug-likeness (QED) is 0.918. The summed E-state index contributed by atoms with van der Waals surface area (Å²) in [6, 6.07) is 5.98. The monoisotopic (exact) mass is 258 g/mol. The molecule has 0 unspecified atom stereocenters. The summed E-state index contributed by atoms with van der Waals surface area (Å²) in [6.45, 7) is 7.97. The molecule has 0 aliphatic carbocycles. The molecular formula is C15H18N2O2. The van der Waals surface area contributed by atoms with Crippen molar-refractivity contribution < 1.29 is 9.90 Å². The van der Waals surface area contributed by atoms with E-state index < -0.39 is 5.97 Å². The molecule has 0 aliphatic heterocycles. The molecule has 0 atom stereocenters. The van der Waals surface area contributed by atoms with Crippen LogP contribution in [0.4, 0.5) is 0 Å². The lowest BCUT2D eigenvalue weighted by Crippen LogP contribution is -2.01. The van der Waals surface area contributed by atoms with Gasteiger partial charge in [0.2, 0.25) is 0 Å². The topological polar surface area (TPSA) is 55.1 Å². The van der Waals surface area contributed by atoms with Gasteiger partial charge in [0, 0.05) is 6.20 Å². The van der Waals surface area contributed by atoms with Crippen LogP contribution in [0.3, 0.4) is 0 Å². The Hall–Kier alpha value is -2.10. The van der Waals surface area contributed by atoms with E-state index in [-0.39, 0.29) is 11.5 Å². The third-order valence-corrected chi connectivity index (χ3v) is 3.28. The van der Waals surface area contributed by atoms with Crippen LogP contribution in [0.25, 0.3) is 5.69 Å². The van der Waals surface area contributed by atoms with Crippen molar-refractivity contribution in [3.8, 4) is 5.69 Å². The first-order valence-electron chi connectivity index (χ1n) is 6.30. The first-order chi connectivity index (χ1) is 8.90. The molecule has 0 fully saturated rings. The minimum atomic E-state index is -0.932. The molecule has 0 aliphatic rings. The third-order valence-electron chi connectivity index (χ3n) is 3.28. The SMILES string of the molecule is Cc1ccc(-n2cc(C(=O)O)c(C(C)C)n2)cc1C. The van der Waals surface area contributed by atoms with Crippen LogP contribution in [-0.2, 0) is 0 Å². The smallest absolute Gasteiger partial charge is 0.339 e. The van der Waals surface area contributed by atoms with E-state index in [1.54, 1.807) is 10.9 Å². The zero-order valence-corrected chi connectivity index (χ0v) is 11.6. The van der Waals surface area contributed by atoms with Crippen molar-refractivity contribution in [3.05, 3.63) is 46.8 Å². The summed E-state index contributed by atoms with van der Waals surface area (Å²) in [5.41, 5.74) is 4.14. The van der Waals surface area contributed by atoms with E-state index in [4.69, 9.17) is 0 Å². The van der Waals surface area contributed by atoms with Gasteiger partial charge in [-0.3, -0.25) is 0 Å². The summed E-state index contributed by atoms with van der Waals surface area (Å²) in [5, 5.41) is 13.6. The van der Waals surface area contributed by atoms with Gasteiger partial charge in [-0.2, -0.15) is 5.10 Å². The molecule has 4 nitrogen and oxygen atoms in total.